The molecule has 0 spiro atoms. The van der Waals surface area contributed by atoms with Crippen LogP contribution in [0.3, 0.4) is 0 Å². The fourth-order valence-corrected chi connectivity index (χ4v) is 1.74. The molecule has 0 unspecified atom stereocenters. The van der Waals surface area contributed by atoms with Crippen LogP contribution in [0.2, 0.25) is 0 Å². The summed E-state index contributed by atoms with van der Waals surface area (Å²) < 4.78 is 0. The predicted octanol–water partition coefficient (Wildman–Crippen LogP) is 5.39. The molecule has 0 amide bonds. The van der Waals surface area contributed by atoms with Gasteiger partial charge in [0.1, 0.15) is 0 Å². The van der Waals surface area contributed by atoms with Crippen molar-refractivity contribution in [1.29, 1.82) is 0 Å². The molecule has 0 fully saturated rings. The number of allylic oxidation sites excluding steroid dienone is 5. The van der Waals surface area contributed by atoms with Gasteiger partial charge >= 0.3 is 0 Å². The summed E-state index contributed by atoms with van der Waals surface area (Å²) in [6.07, 6.45) is 14.4. The van der Waals surface area contributed by atoms with Crippen molar-refractivity contribution in [3.63, 3.8) is 0 Å². The van der Waals surface area contributed by atoms with Crippen molar-refractivity contribution in [1.82, 2.24) is 0 Å². The molecule has 0 aliphatic heterocycles. The zero-order valence-electron chi connectivity index (χ0n) is 10.9. The summed E-state index contributed by atoms with van der Waals surface area (Å²) in [4.78, 5) is 0. The molecule has 0 atom stereocenters. The Kier molecular flexibility index (Phi) is 6.81. The normalized spacial score (nSPS) is 12.7. The molecule has 0 heterocycles. The molecular formula is C17H22. The third-order valence-corrected chi connectivity index (χ3v) is 2.55. The second kappa shape index (κ2) is 8.58. The van der Waals surface area contributed by atoms with Crippen LogP contribution in [0.25, 0.3) is 6.08 Å². The van der Waals surface area contributed by atoms with E-state index >= 15 is 0 Å². The molecule has 0 aromatic heterocycles. The van der Waals surface area contributed by atoms with E-state index in [1.54, 1.807) is 0 Å². The number of rotatable bonds is 6. The first-order valence-corrected chi connectivity index (χ1v) is 6.40. The highest BCUT2D eigenvalue weighted by Crippen LogP contribution is 2.09. The van der Waals surface area contributed by atoms with E-state index in [0.717, 1.165) is 6.42 Å². The Hall–Kier alpha value is -1.56. The molecular weight excluding hydrogens is 204 g/mol. The fourth-order valence-electron chi connectivity index (χ4n) is 1.74. The zero-order valence-corrected chi connectivity index (χ0v) is 10.9. The predicted molar refractivity (Wildman–Crippen MR) is 77.9 cm³/mol. The maximum absolute atomic E-state index is 2.31. The summed E-state index contributed by atoms with van der Waals surface area (Å²) >= 11 is 0. The Balaban J connectivity index is 2.49. The minimum Gasteiger partial charge on any atom is -0.0874 e. The first-order chi connectivity index (χ1) is 8.36. The van der Waals surface area contributed by atoms with Crippen molar-refractivity contribution >= 4 is 6.08 Å². The Morgan fingerprint density at radius 3 is 2.59 bits per heavy atom. The average Bonchev–Trinajstić information content (AvgIpc) is 2.36. The van der Waals surface area contributed by atoms with Crippen LogP contribution in [0.5, 0.6) is 0 Å². The van der Waals surface area contributed by atoms with Crippen LogP contribution < -0.4 is 0 Å². The minimum absolute atomic E-state index is 1.01. The van der Waals surface area contributed by atoms with Crippen LogP contribution >= 0.6 is 0 Å². The number of hydrogen-bond acceptors (Lipinski definition) is 0. The Labute approximate surface area is 105 Å². The van der Waals surface area contributed by atoms with E-state index in [2.05, 4.69) is 68.5 Å². The Bertz CT molecular complexity index is 380. The molecule has 0 heteroatoms. The molecule has 1 rings (SSSR count). The lowest BCUT2D eigenvalue weighted by Crippen LogP contribution is -1.77. The monoisotopic (exact) mass is 226 g/mol. The first-order valence-electron chi connectivity index (χ1n) is 6.40. The van der Waals surface area contributed by atoms with Crippen molar-refractivity contribution in [2.24, 2.45) is 0 Å². The average molecular weight is 226 g/mol. The molecule has 0 aliphatic carbocycles. The second-order valence-corrected chi connectivity index (χ2v) is 4.08. The smallest absolute Gasteiger partial charge is 0.0160 e. The lowest BCUT2D eigenvalue weighted by molar-refractivity contribution is 0.921. The molecule has 1 aromatic rings. The lowest BCUT2D eigenvalue weighted by Gasteiger charge is -1.97. The highest BCUT2D eigenvalue weighted by atomic mass is 13.9. The van der Waals surface area contributed by atoms with E-state index < -0.39 is 0 Å². The molecule has 0 saturated carbocycles. The largest absolute Gasteiger partial charge is 0.0874 e. The lowest BCUT2D eigenvalue weighted by atomic mass is 10.1. The van der Waals surface area contributed by atoms with Gasteiger partial charge in [-0.1, -0.05) is 79.6 Å². The van der Waals surface area contributed by atoms with E-state index in [9.17, 15) is 0 Å². The maximum atomic E-state index is 2.31. The van der Waals surface area contributed by atoms with Gasteiger partial charge < -0.3 is 0 Å². The highest BCUT2D eigenvalue weighted by Gasteiger charge is 1.88. The summed E-state index contributed by atoms with van der Waals surface area (Å²) in [6, 6.07) is 10.4. The van der Waals surface area contributed by atoms with Gasteiger partial charge in [0.2, 0.25) is 0 Å². The van der Waals surface area contributed by atoms with Gasteiger partial charge in [0.15, 0.2) is 0 Å². The van der Waals surface area contributed by atoms with Gasteiger partial charge in [-0.2, -0.15) is 0 Å². The van der Waals surface area contributed by atoms with Gasteiger partial charge in [0, 0.05) is 0 Å². The van der Waals surface area contributed by atoms with E-state index in [-0.39, 0.29) is 0 Å². The summed E-state index contributed by atoms with van der Waals surface area (Å²) in [7, 11) is 0. The quantitative estimate of drug-likeness (QED) is 0.570. The van der Waals surface area contributed by atoms with Crippen molar-refractivity contribution in [2.75, 3.05) is 0 Å². The van der Waals surface area contributed by atoms with Crippen LogP contribution in [-0.2, 0) is 0 Å². The van der Waals surface area contributed by atoms with E-state index in [1.807, 2.05) is 6.07 Å². The van der Waals surface area contributed by atoms with E-state index in [4.69, 9.17) is 0 Å². The van der Waals surface area contributed by atoms with Gasteiger partial charge in [0.25, 0.3) is 0 Å². The number of hydrogen-bond donors (Lipinski definition) is 0. The molecule has 0 radical (unpaired) electrons. The molecule has 0 aliphatic rings. The standard InChI is InChI=1S/C17H22/c1-3-10-16(11-4-2)14-8-9-15-17-12-6-5-7-13-17/h3,5-7,9-10,12-15H,4,8,11H2,1-2H3. The van der Waals surface area contributed by atoms with Gasteiger partial charge in [-0.05, 0) is 25.3 Å². The maximum Gasteiger partial charge on any atom is -0.0160 e. The molecule has 0 bridgehead atoms. The molecule has 17 heavy (non-hydrogen) atoms. The second-order valence-electron chi connectivity index (χ2n) is 4.08. The fraction of sp³-hybridized carbons (Fsp3) is 0.294. The third kappa shape index (κ3) is 5.91. The molecule has 0 nitrogen and oxygen atoms in total. The van der Waals surface area contributed by atoms with Crippen LogP contribution in [0.15, 0.2) is 60.2 Å². The summed E-state index contributed by atoms with van der Waals surface area (Å²) in [6.45, 7) is 4.29. The third-order valence-electron chi connectivity index (χ3n) is 2.55. The first kappa shape index (κ1) is 13.5. The van der Waals surface area contributed by atoms with Crippen LogP contribution in [0.4, 0.5) is 0 Å². The van der Waals surface area contributed by atoms with E-state index in [1.165, 1.54) is 24.0 Å². The summed E-state index contributed by atoms with van der Waals surface area (Å²) in [5.74, 6) is 0. The van der Waals surface area contributed by atoms with Crippen LogP contribution in [0, 0.1) is 0 Å². The Morgan fingerprint density at radius 1 is 1.18 bits per heavy atom. The Morgan fingerprint density at radius 2 is 1.94 bits per heavy atom. The van der Waals surface area contributed by atoms with Crippen molar-refractivity contribution in [3.8, 4) is 0 Å². The SMILES string of the molecule is CC=CC(=CCC=Cc1ccccc1)CCC. The van der Waals surface area contributed by atoms with Gasteiger partial charge in [-0.25, -0.2) is 0 Å². The molecule has 0 N–H and O–H groups in total. The van der Waals surface area contributed by atoms with Crippen molar-refractivity contribution in [2.45, 2.75) is 33.1 Å². The highest BCUT2D eigenvalue weighted by molar-refractivity contribution is 5.48. The van der Waals surface area contributed by atoms with E-state index in [0.29, 0.717) is 0 Å². The molecule has 1 aromatic carbocycles. The zero-order chi connectivity index (χ0) is 12.3. The molecule has 90 valence electrons. The van der Waals surface area contributed by atoms with Gasteiger partial charge in [-0.15, -0.1) is 0 Å². The van der Waals surface area contributed by atoms with Gasteiger partial charge in [0.05, 0.1) is 0 Å². The topological polar surface area (TPSA) is 0 Å². The summed E-state index contributed by atoms with van der Waals surface area (Å²) in [5.41, 5.74) is 2.71. The number of benzene rings is 1. The van der Waals surface area contributed by atoms with Crippen molar-refractivity contribution in [3.05, 3.63) is 65.8 Å². The van der Waals surface area contributed by atoms with Crippen LogP contribution in [-0.4, -0.2) is 0 Å². The van der Waals surface area contributed by atoms with Crippen LogP contribution in [0.1, 0.15) is 38.7 Å². The molecule has 0 saturated heterocycles. The van der Waals surface area contributed by atoms with Crippen molar-refractivity contribution < 1.29 is 0 Å². The van der Waals surface area contributed by atoms with Gasteiger partial charge in [-0.3, -0.25) is 0 Å². The summed E-state index contributed by atoms with van der Waals surface area (Å²) in [5, 5.41) is 0. The minimum atomic E-state index is 1.01.